The largest absolute Gasteiger partial charge is 0.456 e. The van der Waals surface area contributed by atoms with Crippen molar-refractivity contribution in [1.82, 2.24) is 9.97 Å². The second-order valence-corrected chi connectivity index (χ2v) is 11.9. The molecule has 8 aromatic carbocycles. The standard InChI is InChI=1S/C50H33N3O/c1-4-15-34(16-5-1)36-17-14-18-37(31-36)49-50(52-45-25-12-11-24-44(45)51-49)43-32-38(33-47-48(43)42-23-10-13-26-46(42)54-47)35-27-29-41(30-28-35)53(39-19-6-2-7-20-39)40-21-8-3-9-22-40/h1-33H/i2D,3D,6D,7D,8D,9D,10D,13D,19D,20D,21D,22D,23D,26D,27D,28D,29D,30D,32D,33D. The van der Waals surface area contributed by atoms with E-state index in [0.29, 0.717) is 21.5 Å². The maximum absolute atomic E-state index is 10.2. The van der Waals surface area contributed by atoms with Gasteiger partial charge in [-0.2, -0.15) is 0 Å². The molecule has 0 saturated heterocycles. The number of benzene rings is 8. The molecule has 254 valence electrons. The van der Waals surface area contributed by atoms with Gasteiger partial charge in [0, 0.05) is 39.0 Å². The van der Waals surface area contributed by atoms with Gasteiger partial charge in [-0.15, -0.1) is 0 Å². The van der Waals surface area contributed by atoms with E-state index < -0.39 is 160 Å². The number of hydrogen-bond donors (Lipinski definition) is 0. The van der Waals surface area contributed by atoms with E-state index >= 15 is 0 Å². The van der Waals surface area contributed by atoms with E-state index in [0.717, 1.165) is 11.1 Å². The highest BCUT2D eigenvalue weighted by atomic mass is 16.3. The van der Waals surface area contributed by atoms with Gasteiger partial charge in [-0.3, -0.25) is 0 Å². The molecule has 4 heteroatoms. The van der Waals surface area contributed by atoms with Crippen molar-refractivity contribution in [3.8, 4) is 44.8 Å². The fourth-order valence-corrected chi connectivity index (χ4v) is 6.22. The van der Waals surface area contributed by atoms with Crippen molar-refractivity contribution in [2.24, 2.45) is 0 Å². The SMILES string of the molecule is [2H]c1c([2H])c([2H])c(N(c2c([2H])c([2H])c([2H])c([2H])c2[2H])c2c([2H])c([2H])c(-c3c([2H])c(-c4nc5ccccc5nc4-c4cccc(-c5ccccc5)c4)c4c(oc5c([2H])c([2H])c([2H])c([2H])c54)c3[2H])c([2H])c2[2H])c([2H])c1[2H]. The third-order valence-electron chi connectivity index (χ3n) is 8.63. The Morgan fingerprint density at radius 3 is 1.76 bits per heavy atom. The van der Waals surface area contributed by atoms with Crippen LogP contribution in [0.3, 0.4) is 0 Å². The number of rotatable bonds is 7. The Morgan fingerprint density at radius 1 is 0.444 bits per heavy atom. The molecule has 4 nitrogen and oxygen atoms in total. The zero-order valence-electron chi connectivity index (χ0n) is 47.8. The molecule has 54 heavy (non-hydrogen) atoms. The molecule has 0 radical (unpaired) electrons. The van der Waals surface area contributed by atoms with Crippen molar-refractivity contribution >= 4 is 50.0 Å². The van der Waals surface area contributed by atoms with Gasteiger partial charge in [0.15, 0.2) is 0 Å². The fourth-order valence-electron chi connectivity index (χ4n) is 6.22. The van der Waals surface area contributed by atoms with Gasteiger partial charge in [-0.05, 0) is 94.8 Å². The average Bonchev–Trinajstić information content (AvgIpc) is 3.81. The molecule has 2 heterocycles. The van der Waals surface area contributed by atoms with Crippen molar-refractivity contribution in [2.75, 3.05) is 4.90 Å². The van der Waals surface area contributed by atoms with E-state index in [1.807, 2.05) is 42.5 Å². The van der Waals surface area contributed by atoms with Crippen LogP contribution in [-0.2, 0) is 0 Å². The predicted molar refractivity (Wildman–Crippen MR) is 223 cm³/mol. The molecular formula is C50H33N3O. The minimum absolute atomic E-state index is 0.0688. The monoisotopic (exact) mass is 711 g/mol. The Bertz CT molecular complexity index is 3950. The molecule has 2 aromatic heterocycles. The highest BCUT2D eigenvalue weighted by Crippen LogP contribution is 2.43. The van der Waals surface area contributed by atoms with Crippen molar-refractivity contribution in [1.29, 1.82) is 0 Å². The van der Waals surface area contributed by atoms with Crippen molar-refractivity contribution < 1.29 is 31.8 Å². The number of hydrogen-bond acceptors (Lipinski definition) is 4. The molecule has 0 aliphatic rings. The number of furan rings is 1. The Labute approximate surface area is 341 Å². The van der Waals surface area contributed by atoms with Crippen molar-refractivity contribution in [2.45, 2.75) is 0 Å². The zero-order valence-corrected chi connectivity index (χ0v) is 27.8. The van der Waals surface area contributed by atoms with E-state index in [1.165, 1.54) is 0 Å². The van der Waals surface area contributed by atoms with Gasteiger partial charge in [0.1, 0.15) is 11.2 Å². The predicted octanol–water partition coefficient (Wildman–Crippen LogP) is 13.7. The van der Waals surface area contributed by atoms with Crippen LogP contribution in [-0.4, -0.2) is 9.97 Å². The average molecular weight is 712 g/mol. The summed E-state index contributed by atoms with van der Waals surface area (Å²) in [6.45, 7) is 0. The van der Waals surface area contributed by atoms with Crippen LogP contribution in [0.2, 0.25) is 0 Å². The first-order chi connectivity index (χ1) is 35.1. The van der Waals surface area contributed by atoms with E-state index in [4.69, 9.17) is 33.6 Å². The molecule has 0 spiro atoms. The summed E-state index contributed by atoms with van der Waals surface area (Å²) in [5, 5.41) is -0.424. The summed E-state index contributed by atoms with van der Waals surface area (Å²) in [6.07, 6.45) is 0. The highest BCUT2D eigenvalue weighted by Gasteiger charge is 2.21. The maximum atomic E-state index is 10.2. The summed E-state index contributed by atoms with van der Waals surface area (Å²) in [5.41, 5.74) is -2.34. The Kier molecular flexibility index (Phi) is 4.21. The summed E-state index contributed by atoms with van der Waals surface area (Å²) in [6, 6.07) is 5.67. The van der Waals surface area contributed by atoms with Crippen LogP contribution < -0.4 is 4.90 Å². The number of aromatic nitrogens is 2. The molecule has 0 bridgehead atoms. The second kappa shape index (κ2) is 13.4. The zero-order chi connectivity index (χ0) is 53.3. The van der Waals surface area contributed by atoms with Gasteiger partial charge in [0.25, 0.3) is 0 Å². The second-order valence-electron chi connectivity index (χ2n) is 11.9. The molecule has 0 amide bonds. The van der Waals surface area contributed by atoms with E-state index in [9.17, 15) is 8.22 Å². The number of fused-ring (bicyclic) bond motifs is 4. The number of anilines is 3. The van der Waals surface area contributed by atoms with Gasteiger partial charge in [0.05, 0.1) is 49.8 Å². The van der Waals surface area contributed by atoms with Crippen LogP contribution in [0.1, 0.15) is 27.4 Å². The Morgan fingerprint density at radius 2 is 1.04 bits per heavy atom. The van der Waals surface area contributed by atoms with Crippen LogP contribution in [0.15, 0.2) is 204 Å². The molecule has 0 atom stereocenters. The van der Waals surface area contributed by atoms with Crippen molar-refractivity contribution in [3.63, 3.8) is 0 Å². The fraction of sp³-hybridized carbons (Fsp3) is 0. The first-order valence-corrected chi connectivity index (χ1v) is 16.5. The molecule has 0 aliphatic carbocycles. The lowest BCUT2D eigenvalue weighted by molar-refractivity contribution is 0.669. The lowest BCUT2D eigenvalue weighted by Crippen LogP contribution is -2.09. The number of nitrogens with zero attached hydrogens (tertiary/aromatic N) is 3. The first kappa shape index (κ1) is 17.0. The molecular weight excluding hydrogens is 659 g/mol. The van der Waals surface area contributed by atoms with Crippen LogP contribution in [0.5, 0.6) is 0 Å². The van der Waals surface area contributed by atoms with Crippen LogP contribution in [0.4, 0.5) is 17.1 Å². The lowest BCUT2D eigenvalue weighted by Gasteiger charge is -2.25. The Balaban J connectivity index is 1.36. The number of para-hydroxylation sites is 5. The van der Waals surface area contributed by atoms with Crippen LogP contribution >= 0.6 is 0 Å². The maximum Gasteiger partial charge on any atom is 0.136 e. The van der Waals surface area contributed by atoms with E-state index in [2.05, 4.69) is 0 Å². The smallest absolute Gasteiger partial charge is 0.136 e. The summed E-state index contributed by atoms with van der Waals surface area (Å²) in [7, 11) is 0. The third-order valence-corrected chi connectivity index (χ3v) is 8.63. The quantitative estimate of drug-likeness (QED) is 0.165. The summed E-state index contributed by atoms with van der Waals surface area (Å²) >= 11 is 0. The van der Waals surface area contributed by atoms with E-state index in [1.54, 1.807) is 36.4 Å². The van der Waals surface area contributed by atoms with Crippen molar-refractivity contribution in [3.05, 3.63) is 200 Å². The highest BCUT2D eigenvalue weighted by molar-refractivity contribution is 6.14. The molecule has 10 rings (SSSR count). The van der Waals surface area contributed by atoms with Crippen LogP contribution in [0.25, 0.3) is 77.7 Å². The molecule has 0 unspecified atom stereocenters. The van der Waals surface area contributed by atoms with Gasteiger partial charge >= 0.3 is 0 Å². The minimum Gasteiger partial charge on any atom is -0.456 e. The molecule has 10 aromatic rings. The third kappa shape index (κ3) is 5.67. The molecule has 0 aliphatic heterocycles. The van der Waals surface area contributed by atoms with Crippen LogP contribution in [0, 0.1) is 0 Å². The van der Waals surface area contributed by atoms with Gasteiger partial charge < -0.3 is 9.32 Å². The minimum atomic E-state index is -1.08. The summed E-state index contributed by atoms with van der Waals surface area (Å²) in [4.78, 5) is 10.5. The normalized spacial score (nSPS) is 16.5. The van der Waals surface area contributed by atoms with E-state index in [-0.39, 0.29) is 27.7 Å². The topological polar surface area (TPSA) is 42.2 Å². The summed E-state index contributed by atoms with van der Waals surface area (Å²) < 4.78 is 186. The lowest BCUT2D eigenvalue weighted by atomic mass is 9.93. The summed E-state index contributed by atoms with van der Waals surface area (Å²) in [5.74, 6) is 0. The molecule has 0 saturated carbocycles. The molecule has 0 fully saturated rings. The first-order valence-electron chi connectivity index (χ1n) is 26.5. The van der Waals surface area contributed by atoms with Gasteiger partial charge in [-0.1, -0.05) is 127 Å². The van der Waals surface area contributed by atoms with Gasteiger partial charge in [0.2, 0.25) is 0 Å². The molecule has 0 N–H and O–H groups in total. The van der Waals surface area contributed by atoms with Gasteiger partial charge in [-0.25, -0.2) is 9.97 Å². The Hall–Kier alpha value is -7.30.